The molecule has 0 fully saturated rings. The average molecular weight is 228 g/mol. The maximum Gasteiger partial charge on any atom is 0.138 e. The summed E-state index contributed by atoms with van der Waals surface area (Å²) in [6, 6.07) is 13.8. The first kappa shape index (κ1) is 11.6. The summed E-state index contributed by atoms with van der Waals surface area (Å²) in [5, 5.41) is 0. The highest BCUT2D eigenvalue weighted by Gasteiger charge is 2.01. The molecule has 0 unspecified atom stereocenters. The number of pyridine rings is 1. The van der Waals surface area contributed by atoms with E-state index in [4.69, 9.17) is 10.5 Å². The normalized spacial score (nSPS) is 12.1. The molecule has 1 heterocycles. The molecule has 0 aliphatic carbocycles. The maximum atomic E-state index is 5.73. The fourth-order valence-electron chi connectivity index (χ4n) is 1.49. The van der Waals surface area contributed by atoms with Gasteiger partial charge in [-0.05, 0) is 24.6 Å². The Labute approximate surface area is 101 Å². The van der Waals surface area contributed by atoms with Crippen molar-refractivity contribution in [2.75, 3.05) is 0 Å². The van der Waals surface area contributed by atoms with Gasteiger partial charge in [0.15, 0.2) is 0 Å². The van der Waals surface area contributed by atoms with Gasteiger partial charge in [-0.3, -0.25) is 4.98 Å². The lowest BCUT2D eigenvalue weighted by atomic mass is 10.2. The number of hydrogen-bond acceptors (Lipinski definition) is 3. The average Bonchev–Trinajstić information content (AvgIpc) is 2.38. The first-order valence-electron chi connectivity index (χ1n) is 5.64. The highest BCUT2D eigenvalue weighted by molar-refractivity contribution is 5.22. The smallest absolute Gasteiger partial charge is 0.138 e. The van der Waals surface area contributed by atoms with E-state index in [9.17, 15) is 0 Å². The molecule has 0 amide bonds. The van der Waals surface area contributed by atoms with Crippen molar-refractivity contribution in [1.82, 2.24) is 4.98 Å². The van der Waals surface area contributed by atoms with Crippen LogP contribution in [0.5, 0.6) is 5.75 Å². The van der Waals surface area contributed by atoms with Crippen LogP contribution in [0.4, 0.5) is 0 Å². The summed E-state index contributed by atoms with van der Waals surface area (Å²) in [7, 11) is 0. The van der Waals surface area contributed by atoms with Gasteiger partial charge in [-0.2, -0.15) is 0 Å². The molecule has 0 aliphatic heterocycles. The Morgan fingerprint density at radius 3 is 2.53 bits per heavy atom. The van der Waals surface area contributed by atoms with Crippen LogP contribution in [-0.2, 0) is 6.61 Å². The van der Waals surface area contributed by atoms with Crippen LogP contribution in [0.2, 0.25) is 0 Å². The number of aromatic nitrogens is 1. The Bertz CT molecular complexity index is 451. The number of ether oxygens (including phenoxy) is 1. The van der Waals surface area contributed by atoms with Crippen molar-refractivity contribution in [3.05, 3.63) is 59.9 Å². The largest absolute Gasteiger partial charge is 0.487 e. The quantitative estimate of drug-likeness (QED) is 0.875. The van der Waals surface area contributed by atoms with Crippen LogP contribution in [0.3, 0.4) is 0 Å². The molecule has 2 rings (SSSR count). The molecule has 0 radical (unpaired) electrons. The van der Waals surface area contributed by atoms with E-state index < -0.39 is 0 Å². The van der Waals surface area contributed by atoms with E-state index in [1.807, 2.05) is 49.4 Å². The van der Waals surface area contributed by atoms with Gasteiger partial charge in [0.2, 0.25) is 0 Å². The van der Waals surface area contributed by atoms with E-state index in [1.165, 1.54) is 0 Å². The Balaban J connectivity index is 1.96. The van der Waals surface area contributed by atoms with Crippen molar-refractivity contribution in [2.45, 2.75) is 19.6 Å². The SMILES string of the molecule is C[C@@H](N)c1ccc(OCc2ccccc2)cn1. The minimum absolute atomic E-state index is 0.0434. The zero-order valence-corrected chi connectivity index (χ0v) is 9.84. The third kappa shape index (κ3) is 3.29. The molecular formula is C14H16N2O. The molecule has 1 aromatic heterocycles. The van der Waals surface area contributed by atoms with E-state index in [0.717, 1.165) is 17.0 Å². The van der Waals surface area contributed by atoms with E-state index in [0.29, 0.717) is 6.61 Å². The molecule has 3 nitrogen and oxygen atoms in total. The van der Waals surface area contributed by atoms with Crippen LogP contribution in [0.25, 0.3) is 0 Å². The third-order valence-electron chi connectivity index (χ3n) is 2.47. The number of nitrogens with two attached hydrogens (primary N) is 1. The molecule has 0 saturated heterocycles. The predicted molar refractivity (Wildman–Crippen MR) is 67.6 cm³/mol. The fraction of sp³-hybridized carbons (Fsp3) is 0.214. The minimum Gasteiger partial charge on any atom is -0.487 e. The summed E-state index contributed by atoms with van der Waals surface area (Å²) >= 11 is 0. The lowest BCUT2D eigenvalue weighted by Crippen LogP contribution is -2.07. The van der Waals surface area contributed by atoms with Gasteiger partial charge in [0, 0.05) is 6.04 Å². The second-order valence-electron chi connectivity index (χ2n) is 3.98. The van der Waals surface area contributed by atoms with Gasteiger partial charge in [-0.25, -0.2) is 0 Å². The monoisotopic (exact) mass is 228 g/mol. The lowest BCUT2D eigenvalue weighted by molar-refractivity contribution is 0.304. The summed E-state index contributed by atoms with van der Waals surface area (Å²) in [6.07, 6.45) is 1.71. The molecule has 1 atom stereocenters. The molecule has 0 saturated carbocycles. The van der Waals surface area contributed by atoms with Crippen LogP contribution in [0.15, 0.2) is 48.7 Å². The van der Waals surface area contributed by atoms with Gasteiger partial charge in [0.25, 0.3) is 0 Å². The molecule has 0 bridgehead atoms. The number of rotatable bonds is 4. The standard InChI is InChI=1S/C14H16N2O/c1-11(15)14-8-7-13(9-16-14)17-10-12-5-3-2-4-6-12/h2-9,11H,10,15H2,1H3/t11-/m1/s1. The first-order valence-corrected chi connectivity index (χ1v) is 5.64. The molecule has 0 aliphatic rings. The van der Waals surface area contributed by atoms with Crippen molar-refractivity contribution >= 4 is 0 Å². The summed E-state index contributed by atoms with van der Waals surface area (Å²) in [5.74, 6) is 0.762. The second-order valence-corrected chi connectivity index (χ2v) is 3.98. The van der Waals surface area contributed by atoms with E-state index in [1.54, 1.807) is 6.20 Å². The summed E-state index contributed by atoms with van der Waals surface area (Å²) in [6.45, 7) is 2.47. The molecular weight excluding hydrogens is 212 g/mol. The first-order chi connectivity index (χ1) is 8.25. The molecule has 3 heteroatoms. The van der Waals surface area contributed by atoms with Crippen molar-refractivity contribution in [1.29, 1.82) is 0 Å². The van der Waals surface area contributed by atoms with Gasteiger partial charge in [-0.1, -0.05) is 30.3 Å². The summed E-state index contributed by atoms with van der Waals surface area (Å²) < 4.78 is 5.62. The minimum atomic E-state index is -0.0434. The van der Waals surface area contributed by atoms with Crippen LogP contribution in [0, 0.1) is 0 Å². The zero-order valence-electron chi connectivity index (χ0n) is 9.84. The Hall–Kier alpha value is -1.87. The molecule has 2 N–H and O–H groups in total. The molecule has 0 spiro atoms. The highest BCUT2D eigenvalue weighted by atomic mass is 16.5. The Kier molecular flexibility index (Phi) is 3.73. The molecule has 1 aromatic carbocycles. The number of nitrogens with zero attached hydrogens (tertiary/aromatic N) is 1. The van der Waals surface area contributed by atoms with Gasteiger partial charge in [-0.15, -0.1) is 0 Å². The summed E-state index contributed by atoms with van der Waals surface area (Å²) in [4.78, 5) is 4.24. The van der Waals surface area contributed by atoms with Gasteiger partial charge in [0.05, 0.1) is 11.9 Å². The third-order valence-corrected chi connectivity index (χ3v) is 2.47. The topological polar surface area (TPSA) is 48.1 Å². The fourth-order valence-corrected chi connectivity index (χ4v) is 1.49. The van der Waals surface area contributed by atoms with Crippen molar-refractivity contribution in [2.24, 2.45) is 5.73 Å². The molecule has 88 valence electrons. The molecule has 17 heavy (non-hydrogen) atoms. The zero-order chi connectivity index (χ0) is 12.1. The van der Waals surface area contributed by atoms with E-state index >= 15 is 0 Å². The summed E-state index contributed by atoms with van der Waals surface area (Å²) in [5.41, 5.74) is 7.74. The van der Waals surface area contributed by atoms with Crippen LogP contribution >= 0.6 is 0 Å². The van der Waals surface area contributed by atoms with Crippen molar-refractivity contribution in [3.63, 3.8) is 0 Å². The van der Waals surface area contributed by atoms with E-state index in [-0.39, 0.29) is 6.04 Å². The van der Waals surface area contributed by atoms with Crippen molar-refractivity contribution in [3.8, 4) is 5.75 Å². The Morgan fingerprint density at radius 2 is 1.94 bits per heavy atom. The number of benzene rings is 1. The van der Waals surface area contributed by atoms with Gasteiger partial charge >= 0.3 is 0 Å². The van der Waals surface area contributed by atoms with Crippen LogP contribution in [0.1, 0.15) is 24.2 Å². The second kappa shape index (κ2) is 5.46. The number of hydrogen-bond donors (Lipinski definition) is 1. The Morgan fingerprint density at radius 1 is 1.18 bits per heavy atom. The lowest BCUT2D eigenvalue weighted by Gasteiger charge is -2.08. The van der Waals surface area contributed by atoms with Crippen molar-refractivity contribution < 1.29 is 4.74 Å². The maximum absolute atomic E-state index is 5.73. The molecule has 2 aromatic rings. The highest BCUT2D eigenvalue weighted by Crippen LogP contribution is 2.14. The van der Waals surface area contributed by atoms with Crippen LogP contribution in [-0.4, -0.2) is 4.98 Å². The van der Waals surface area contributed by atoms with Crippen LogP contribution < -0.4 is 10.5 Å². The van der Waals surface area contributed by atoms with Gasteiger partial charge < -0.3 is 10.5 Å². The predicted octanol–water partition coefficient (Wildman–Crippen LogP) is 2.68. The van der Waals surface area contributed by atoms with E-state index in [2.05, 4.69) is 4.98 Å². The van der Waals surface area contributed by atoms with Gasteiger partial charge in [0.1, 0.15) is 12.4 Å².